The Morgan fingerprint density at radius 2 is 1.92 bits per heavy atom. The summed E-state index contributed by atoms with van der Waals surface area (Å²) in [5, 5.41) is 0. The maximum Gasteiger partial charge on any atom is 0.346 e. The molecule has 0 atom stereocenters. The van der Waals surface area contributed by atoms with E-state index >= 15 is 0 Å². The van der Waals surface area contributed by atoms with E-state index < -0.39 is 0 Å². The molecule has 4 aromatic heterocycles. The van der Waals surface area contributed by atoms with E-state index in [1.807, 2.05) is 48.9 Å². The number of hydrogen-bond donors (Lipinski definition) is 0. The van der Waals surface area contributed by atoms with E-state index in [1.54, 1.807) is 0 Å². The molecule has 0 radical (unpaired) electrons. The lowest BCUT2D eigenvalue weighted by atomic mass is 10.1. The molecule has 118 valence electrons. The van der Waals surface area contributed by atoms with Crippen LogP contribution in [0.4, 0.5) is 0 Å². The number of imidazole rings is 1. The van der Waals surface area contributed by atoms with Gasteiger partial charge >= 0.3 is 5.71 Å². The second kappa shape index (κ2) is 4.54. The summed E-state index contributed by atoms with van der Waals surface area (Å²) in [6.45, 7) is 0.778. The van der Waals surface area contributed by atoms with Gasteiger partial charge in [-0.1, -0.05) is 18.2 Å². The Morgan fingerprint density at radius 3 is 2.84 bits per heavy atom. The zero-order valence-electron chi connectivity index (χ0n) is 13.3. The van der Waals surface area contributed by atoms with Crippen molar-refractivity contribution in [3.63, 3.8) is 0 Å². The largest absolute Gasteiger partial charge is 0.417 e. The van der Waals surface area contributed by atoms with Crippen LogP contribution in [0, 0.1) is 0 Å². The molecule has 5 heterocycles. The van der Waals surface area contributed by atoms with Crippen LogP contribution < -0.4 is 4.57 Å². The summed E-state index contributed by atoms with van der Waals surface area (Å²) >= 11 is 0. The minimum absolute atomic E-state index is 0.778. The first-order valence-corrected chi connectivity index (χ1v) is 8.22. The lowest BCUT2D eigenvalue weighted by Crippen LogP contribution is -2.31. The normalized spacial score (nSPS) is 12.6. The minimum Gasteiger partial charge on any atom is -0.417 e. The van der Waals surface area contributed by atoms with E-state index in [4.69, 9.17) is 4.42 Å². The van der Waals surface area contributed by atoms with Gasteiger partial charge in [0.15, 0.2) is 11.1 Å². The van der Waals surface area contributed by atoms with Crippen molar-refractivity contribution in [1.82, 2.24) is 14.5 Å². The van der Waals surface area contributed by atoms with Crippen LogP contribution in [0.15, 0.2) is 71.5 Å². The number of hydrogen-bond acceptors (Lipinski definition) is 3. The molecule has 1 aliphatic heterocycles. The second-order valence-corrected chi connectivity index (χ2v) is 6.22. The SMILES string of the molecule is c1ccc(-n2c3[n+](c4c5ncccc5oc42)Cc2cnccc2-3)cc1. The molecule has 0 fully saturated rings. The smallest absolute Gasteiger partial charge is 0.346 e. The molecule has 0 amide bonds. The monoisotopic (exact) mass is 325 g/mol. The first kappa shape index (κ1) is 12.9. The van der Waals surface area contributed by atoms with Gasteiger partial charge in [-0.2, -0.15) is 4.57 Å². The predicted molar refractivity (Wildman–Crippen MR) is 93.4 cm³/mol. The zero-order valence-corrected chi connectivity index (χ0v) is 13.3. The number of para-hydroxylation sites is 1. The number of furan rings is 1. The van der Waals surface area contributed by atoms with E-state index in [2.05, 4.69) is 37.3 Å². The van der Waals surface area contributed by atoms with Gasteiger partial charge in [-0.25, -0.2) is 9.55 Å². The second-order valence-electron chi connectivity index (χ2n) is 6.22. The maximum absolute atomic E-state index is 6.21. The van der Waals surface area contributed by atoms with E-state index in [0.29, 0.717) is 0 Å². The highest BCUT2D eigenvalue weighted by Gasteiger charge is 2.38. The lowest BCUT2D eigenvalue weighted by molar-refractivity contribution is -0.645. The molecule has 5 aromatic rings. The third kappa shape index (κ3) is 1.59. The van der Waals surface area contributed by atoms with Gasteiger partial charge in [-0.05, 0) is 30.3 Å². The average Bonchev–Trinajstić information content (AvgIpc) is 3.29. The molecule has 25 heavy (non-hydrogen) atoms. The van der Waals surface area contributed by atoms with Gasteiger partial charge in [0, 0.05) is 24.2 Å². The number of nitrogens with zero attached hydrogens (tertiary/aromatic N) is 4. The number of fused-ring (bicyclic) bond motifs is 7. The van der Waals surface area contributed by atoms with Crippen LogP contribution in [0.5, 0.6) is 0 Å². The van der Waals surface area contributed by atoms with Crippen LogP contribution in [0.25, 0.3) is 39.4 Å². The van der Waals surface area contributed by atoms with Gasteiger partial charge in [0.25, 0.3) is 5.82 Å². The van der Waals surface area contributed by atoms with Crippen molar-refractivity contribution < 1.29 is 8.98 Å². The van der Waals surface area contributed by atoms with Crippen molar-refractivity contribution in [2.24, 2.45) is 0 Å². The van der Waals surface area contributed by atoms with E-state index in [0.717, 1.165) is 40.4 Å². The van der Waals surface area contributed by atoms with Crippen molar-refractivity contribution in [3.05, 3.63) is 72.7 Å². The van der Waals surface area contributed by atoms with Crippen molar-refractivity contribution in [1.29, 1.82) is 0 Å². The van der Waals surface area contributed by atoms with Crippen LogP contribution in [0.1, 0.15) is 5.56 Å². The minimum atomic E-state index is 0.778. The van der Waals surface area contributed by atoms with Crippen molar-refractivity contribution >= 4 is 22.3 Å². The molecule has 0 spiro atoms. The third-order valence-electron chi connectivity index (χ3n) is 4.83. The molecule has 0 saturated carbocycles. The van der Waals surface area contributed by atoms with Crippen molar-refractivity contribution in [2.45, 2.75) is 6.54 Å². The molecule has 0 unspecified atom stereocenters. The highest BCUT2D eigenvalue weighted by molar-refractivity contribution is 5.98. The Bertz CT molecular complexity index is 1270. The summed E-state index contributed by atoms with van der Waals surface area (Å²) in [7, 11) is 0. The van der Waals surface area contributed by atoms with Gasteiger partial charge in [0.05, 0.1) is 5.56 Å². The van der Waals surface area contributed by atoms with Crippen LogP contribution >= 0.6 is 0 Å². The van der Waals surface area contributed by atoms with Crippen LogP contribution in [-0.4, -0.2) is 14.5 Å². The molecule has 0 bridgehead atoms. The molecular formula is C20H13N4O+. The van der Waals surface area contributed by atoms with Gasteiger partial charge in [0.1, 0.15) is 12.2 Å². The molecule has 0 N–H and O–H groups in total. The molecule has 1 aromatic carbocycles. The Balaban J connectivity index is 1.83. The van der Waals surface area contributed by atoms with E-state index in [9.17, 15) is 0 Å². The van der Waals surface area contributed by atoms with Crippen LogP contribution in [0.2, 0.25) is 0 Å². The third-order valence-corrected chi connectivity index (χ3v) is 4.83. The summed E-state index contributed by atoms with van der Waals surface area (Å²) in [4.78, 5) is 8.86. The van der Waals surface area contributed by atoms with Crippen molar-refractivity contribution in [3.8, 4) is 17.1 Å². The first-order valence-electron chi connectivity index (χ1n) is 8.22. The Kier molecular flexibility index (Phi) is 2.34. The molecular weight excluding hydrogens is 312 g/mol. The fourth-order valence-corrected chi connectivity index (χ4v) is 3.80. The molecule has 0 aliphatic carbocycles. The van der Waals surface area contributed by atoms with Gasteiger partial charge in [-0.3, -0.25) is 4.98 Å². The Hall–Kier alpha value is -3.47. The van der Waals surface area contributed by atoms with Gasteiger partial charge < -0.3 is 4.42 Å². The standard InChI is InChI=1S/C20H13N4O/c1-2-5-14(6-3-1)24-19-15-8-10-21-11-13(15)12-23(19)18-17-16(25-20(18)24)7-4-9-22-17/h1-11H,12H2/q+1. The average molecular weight is 325 g/mol. The van der Waals surface area contributed by atoms with Crippen LogP contribution in [0.3, 0.4) is 0 Å². The van der Waals surface area contributed by atoms with Gasteiger partial charge in [-0.15, -0.1) is 0 Å². The zero-order chi connectivity index (χ0) is 16.4. The molecule has 5 nitrogen and oxygen atoms in total. The number of rotatable bonds is 1. The molecule has 6 rings (SSSR count). The van der Waals surface area contributed by atoms with Crippen LogP contribution in [-0.2, 0) is 6.54 Å². The number of benzene rings is 1. The topological polar surface area (TPSA) is 47.7 Å². The summed E-state index contributed by atoms with van der Waals surface area (Å²) in [6.07, 6.45) is 5.60. The summed E-state index contributed by atoms with van der Waals surface area (Å²) < 4.78 is 10.7. The lowest BCUT2D eigenvalue weighted by Gasteiger charge is -2.00. The molecule has 1 aliphatic rings. The van der Waals surface area contributed by atoms with E-state index in [-0.39, 0.29) is 0 Å². The van der Waals surface area contributed by atoms with Gasteiger partial charge in [0.2, 0.25) is 5.52 Å². The summed E-state index contributed by atoms with van der Waals surface area (Å²) in [6, 6.07) is 16.2. The molecule has 5 heteroatoms. The number of aromatic nitrogens is 4. The first-order chi connectivity index (χ1) is 12.4. The fraction of sp³-hybridized carbons (Fsp3) is 0.0500. The Labute approximate surface area is 142 Å². The fourth-order valence-electron chi connectivity index (χ4n) is 3.80. The highest BCUT2D eigenvalue weighted by atomic mass is 16.3. The predicted octanol–water partition coefficient (Wildman–Crippen LogP) is 3.48. The maximum atomic E-state index is 6.21. The Morgan fingerprint density at radius 1 is 1.00 bits per heavy atom. The quantitative estimate of drug-likeness (QED) is 0.435. The summed E-state index contributed by atoms with van der Waals surface area (Å²) in [5.74, 6) is 1.12. The van der Waals surface area contributed by atoms with Crippen molar-refractivity contribution in [2.75, 3.05) is 0 Å². The number of pyridine rings is 2. The van der Waals surface area contributed by atoms with E-state index in [1.165, 1.54) is 11.1 Å². The highest BCUT2D eigenvalue weighted by Crippen LogP contribution is 2.36. The molecule has 0 saturated heterocycles. The summed E-state index contributed by atoms with van der Waals surface area (Å²) in [5.41, 5.74) is 7.05.